The lowest BCUT2D eigenvalue weighted by Gasteiger charge is -2.33. The van der Waals surface area contributed by atoms with Crippen LogP contribution in [-0.4, -0.2) is 64.7 Å². The molecule has 0 saturated carbocycles. The van der Waals surface area contributed by atoms with Crippen molar-refractivity contribution in [2.24, 2.45) is 0 Å². The summed E-state index contributed by atoms with van der Waals surface area (Å²) in [5.74, 6) is -0.0721. The maximum absolute atomic E-state index is 13.7. The van der Waals surface area contributed by atoms with Gasteiger partial charge >= 0.3 is 0 Å². The minimum absolute atomic E-state index is 0.165. The highest BCUT2D eigenvalue weighted by atomic mass is 32.2. The van der Waals surface area contributed by atoms with Gasteiger partial charge in [-0.25, -0.2) is 8.42 Å². The van der Waals surface area contributed by atoms with Gasteiger partial charge in [-0.3, -0.25) is 13.9 Å². The predicted octanol–water partition coefficient (Wildman–Crippen LogP) is 2.72. The molecule has 0 aliphatic rings. The van der Waals surface area contributed by atoms with Crippen molar-refractivity contribution in [3.05, 3.63) is 53.6 Å². The third-order valence-electron chi connectivity index (χ3n) is 5.67. The first kappa shape index (κ1) is 28.0. The lowest BCUT2D eigenvalue weighted by Crippen LogP contribution is -2.52. The number of hydrogen-bond donors (Lipinski definition) is 1. The summed E-state index contributed by atoms with van der Waals surface area (Å²) >= 11 is 0. The van der Waals surface area contributed by atoms with Crippen molar-refractivity contribution in [3.63, 3.8) is 0 Å². The molecule has 35 heavy (non-hydrogen) atoms. The van der Waals surface area contributed by atoms with Crippen molar-refractivity contribution in [1.82, 2.24) is 10.2 Å². The second-order valence-corrected chi connectivity index (χ2v) is 9.98. The second kappa shape index (κ2) is 12.4. The Hall–Kier alpha value is -3.27. The number of carbonyl (C=O) groups is 2. The van der Waals surface area contributed by atoms with Gasteiger partial charge in [0.2, 0.25) is 21.8 Å². The molecular weight excluding hydrogens is 470 g/mol. The monoisotopic (exact) mass is 505 g/mol. The molecule has 0 fully saturated rings. The van der Waals surface area contributed by atoms with E-state index in [1.807, 2.05) is 38.1 Å². The standard InChI is InChI=1S/C25H35N3O6S/c1-7-21(25(30)26-8-2)27(16-19-12-10-9-11-18(19)3)24(29)17-28(35(6,31)32)22-14-13-20(33-4)15-23(22)34-5/h9-15,21H,7-8,16-17H2,1-6H3,(H,26,30)/t21-/m0/s1. The highest BCUT2D eigenvalue weighted by Crippen LogP contribution is 2.33. The van der Waals surface area contributed by atoms with Gasteiger partial charge in [-0.2, -0.15) is 0 Å². The first-order valence-electron chi connectivity index (χ1n) is 11.4. The van der Waals surface area contributed by atoms with Gasteiger partial charge in [0.25, 0.3) is 0 Å². The van der Waals surface area contributed by atoms with Crippen LogP contribution in [0.1, 0.15) is 31.4 Å². The van der Waals surface area contributed by atoms with Crippen LogP contribution in [-0.2, 0) is 26.2 Å². The number of benzene rings is 2. The third-order valence-corrected chi connectivity index (χ3v) is 6.80. The minimum atomic E-state index is -3.88. The highest BCUT2D eigenvalue weighted by Gasteiger charge is 2.32. The van der Waals surface area contributed by atoms with E-state index in [4.69, 9.17) is 9.47 Å². The molecular formula is C25H35N3O6S. The fourth-order valence-corrected chi connectivity index (χ4v) is 4.62. The van der Waals surface area contributed by atoms with Crippen LogP contribution in [0.25, 0.3) is 0 Å². The number of ether oxygens (including phenoxy) is 2. The van der Waals surface area contributed by atoms with Gasteiger partial charge in [-0.1, -0.05) is 31.2 Å². The number of carbonyl (C=O) groups excluding carboxylic acids is 2. The van der Waals surface area contributed by atoms with Crippen LogP contribution in [0.2, 0.25) is 0 Å². The van der Waals surface area contributed by atoms with Gasteiger partial charge in [-0.05, 0) is 43.5 Å². The Kier molecular flexibility index (Phi) is 9.94. The smallest absolute Gasteiger partial charge is 0.244 e. The molecule has 2 amide bonds. The number of rotatable bonds is 12. The van der Waals surface area contributed by atoms with Crippen LogP contribution >= 0.6 is 0 Å². The summed E-state index contributed by atoms with van der Waals surface area (Å²) in [6, 6.07) is 11.5. The zero-order chi connectivity index (χ0) is 26.2. The maximum atomic E-state index is 13.7. The molecule has 0 saturated heterocycles. The summed E-state index contributed by atoms with van der Waals surface area (Å²) in [5.41, 5.74) is 2.04. The molecule has 0 unspecified atom stereocenters. The Bertz CT molecular complexity index is 1140. The van der Waals surface area contributed by atoms with E-state index in [0.29, 0.717) is 18.7 Å². The van der Waals surface area contributed by atoms with Crippen molar-refractivity contribution in [1.29, 1.82) is 0 Å². The molecule has 1 N–H and O–H groups in total. The number of aryl methyl sites for hydroxylation is 1. The van der Waals surface area contributed by atoms with Gasteiger partial charge in [0, 0.05) is 19.2 Å². The van der Waals surface area contributed by atoms with Crippen LogP contribution in [0.3, 0.4) is 0 Å². The van der Waals surface area contributed by atoms with Gasteiger partial charge in [0.1, 0.15) is 24.1 Å². The van der Waals surface area contributed by atoms with E-state index in [2.05, 4.69) is 5.32 Å². The number of nitrogens with one attached hydrogen (secondary N) is 1. The normalized spacial score (nSPS) is 11.9. The predicted molar refractivity (Wildman–Crippen MR) is 136 cm³/mol. The maximum Gasteiger partial charge on any atom is 0.244 e. The van der Waals surface area contributed by atoms with Crippen LogP contribution < -0.4 is 19.1 Å². The van der Waals surface area contributed by atoms with E-state index in [1.54, 1.807) is 19.1 Å². The van der Waals surface area contributed by atoms with Crippen molar-refractivity contribution >= 4 is 27.5 Å². The molecule has 0 radical (unpaired) electrons. The zero-order valence-electron chi connectivity index (χ0n) is 21.2. The quantitative estimate of drug-likeness (QED) is 0.476. The fourth-order valence-electron chi connectivity index (χ4n) is 3.77. The average Bonchev–Trinajstić information content (AvgIpc) is 2.82. The lowest BCUT2D eigenvalue weighted by molar-refractivity contribution is -0.140. The van der Waals surface area contributed by atoms with E-state index in [1.165, 1.54) is 25.2 Å². The molecule has 1 atom stereocenters. The molecule has 192 valence electrons. The van der Waals surface area contributed by atoms with Crippen LogP contribution in [0.5, 0.6) is 11.5 Å². The third kappa shape index (κ3) is 7.11. The van der Waals surface area contributed by atoms with E-state index in [0.717, 1.165) is 21.7 Å². The number of methoxy groups -OCH3 is 2. The second-order valence-electron chi connectivity index (χ2n) is 8.07. The van der Waals surface area contributed by atoms with E-state index in [-0.39, 0.29) is 23.9 Å². The van der Waals surface area contributed by atoms with Gasteiger partial charge in [0.05, 0.1) is 26.2 Å². The first-order chi connectivity index (χ1) is 16.6. The van der Waals surface area contributed by atoms with E-state index in [9.17, 15) is 18.0 Å². The minimum Gasteiger partial charge on any atom is -0.497 e. The van der Waals surface area contributed by atoms with Crippen molar-refractivity contribution < 1.29 is 27.5 Å². The topological polar surface area (TPSA) is 105 Å². The molecule has 2 aromatic rings. The van der Waals surface area contributed by atoms with Crippen LogP contribution in [0.15, 0.2) is 42.5 Å². The van der Waals surface area contributed by atoms with Gasteiger partial charge in [-0.15, -0.1) is 0 Å². The molecule has 0 aliphatic carbocycles. The Morgan fingerprint density at radius 3 is 2.29 bits per heavy atom. The Morgan fingerprint density at radius 1 is 1.06 bits per heavy atom. The summed E-state index contributed by atoms with van der Waals surface area (Å²) < 4.78 is 37.2. The molecule has 10 heteroatoms. The zero-order valence-corrected chi connectivity index (χ0v) is 22.0. The SMILES string of the molecule is CCNC(=O)[C@H](CC)N(Cc1ccccc1C)C(=O)CN(c1ccc(OC)cc1OC)S(C)(=O)=O. The lowest BCUT2D eigenvalue weighted by atomic mass is 10.1. The largest absolute Gasteiger partial charge is 0.497 e. The summed E-state index contributed by atoms with van der Waals surface area (Å²) in [4.78, 5) is 28.0. The summed E-state index contributed by atoms with van der Waals surface area (Å²) in [6.07, 6.45) is 1.39. The summed E-state index contributed by atoms with van der Waals surface area (Å²) in [7, 11) is -0.980. The number of likely N-dealkylation sites (N-methyl/N-ethyl adjacent to an activating group) is 1. The summed E-state index contributed by atoms with van der Waals surface area (Å²) in [6.45, 7) is 5.64. The van der Waals surface area contributed by atoms with Gasteiger partial charge in [0.15, 0.2) is 0 Å². The Balaban J connectivity index is 2.52. The van der Waals surface area contributed by atoms with Crippen molar-refractivity contribution in [2.75, 3.05) is 37.9 Å². The molecule has 0 spiro atoms. The number of hydrogen-bond acceptors (Lipinski definition) is 6. The Morgan fingerprint density at radius 2 is 1.74 bits per heavy atom. The van der Waals surface area contributed by atoms with Crippen LogP contribution in [0, 0.1) is 6.92 Å². The van der Waals surface area contributed by atoms with Crippen molar-refractivity contribution in [3.8, 4) is 11.5 Å². The molecule has 0 aromatic heterocycles. The molecule has 9 nitrogen and oxygen atoms in total. The average molecular weight is 506 g/mol. The number of anilines is 1. The molecule has 0 heterocycles. The molecule has 0 bridgehead atoms. The molecule has 0 aliphatic heterocycles. The van der Waals surface area contributed by atoms with Crippen molar-refractivity contribution in [2.45, 2.75) is 39.8 Å². The first-order valence-corrected chi connectivity index (χ1v) is 13.2. The van der Waals surface area contributed by atoms with E-state index < -0.39 is 28.5 Å². The Labute approximate surface area is 208 Å². The van der Waals surface area contributed by atoms with E-state index >= 15 is 0 Å². The van der Waals surface area contributed by atoms with Crippen LogP contribution in [0.4, 0.5) is 5.69 Å². The van der Waals surface area contributed by atoms with Gasteiger partial charge < -0.3 is 19.7 Å². The number of amides is 2. The summed E-state index contributed by atoms with van der Waals surface area (Å²) in [5, 5.41) is 2.78. The molecule has 2 aromatic carbocycles. The number of sulfonamides is 1. The highest BCUT2D eigenvalue weighted by molar-refractivity contribution is 7.92. The fraction of sp³-hybridized carbons (Fsp3) is 0.440. The number of nitrogens with zero attached hydrogens (tertiary/aromatic N) is 2. The molecule has 2 rings (SSSR count).